The van der Waals surface area contributed by atoms with Crippen LogP contribution >= 0.6 is 0 Å². The summed E-state index contributed by atoms with van der Waals surface area (Å²) >= 11 is 0. The van der Waals surface area contributed by atoms with Gasteiger partial charge >= 0.3 is 11.7 Å². The van der Waals surface area contributed by atoms with Gasteiger partial charge in [-0.1, -0.05) is 0 Å². The Labute approximate surface area is 149 Å². The summed E-state index contributed by atoms with van der Waals surface area (Å²) in [7, 11) is 0. The standard InChI is InChI=1S/C18H23N3O5/c22-14-1-2-21(17(25)19-14)9-16(24)26-10-15(23)20-18-6-11-3-12(7-18)5-13(4-11)8-18/h1-2,11-13H,3-10H2,(H,20,23)(H,19,22,25). The minimum absolute atomic E-state index is 0.117. The summed E-state index contributed by atoms with van der Waals surface area (Å²) in [5.74, 6) is 1.18. The van der Waals surface area contributed by atoms with Crippen LogP contribution in [-0.2, 0) is 20.9 Å². The molecule has 8 nitrogen and oxygen atoms in total. The molecular weight excluding hydrogens is 338 g/mol. The minimum atomic E-state index is -0.695. The van der Waals surface area contributed by atoms with Crippen LogP contribution in [0.25, 0.3) is 0 Å². The van der Waals surface area contributed by atoms with Crippen LogP contribution in [0, 0.1) is 17.8 Å². The van der Waals surface area contributed by atoms with Crippen molar-refractivity contribution in [3.05, 3.63) is 33.1 Å². The van der Waals surface area contributed by atoms with Gasteiger partial charge in [-0.05, 0) is 56.3 Å². The van der Waals surface area contributed by atoms with Gasteiger partial charge in [0.15, 0.2) is 6.61 Å². The number of rotatable bonds is 5. The molecule has 1 amide bonds. The predicted octanol–water partition coefficient (Wildman–Crippen LogP) is 0.165. The van der Waals surface area contributed by atoms with E-state index in [-0.39, 0.29) is 24.6 Å². The molecule has 4 aliphatic rings. The molecular formula is C18H23N3O5. The van der Waals surface area contributed by atoms with E-state index in [4.69, 9.17) is 4.74 Å². The summed E-state index contributed by atoms with van der Waals surface area (Å²) in [5.41, 5.74) is -1.34. The van der Waals surface area contributed by atoms with Crippen molar-refractivity contribution in [3.8, 4) is 0 Å². The Kier molecular flexibility index (Phi) is 4.20. The second kappa shape index (κ2) is 6.41. The predicted molar refractivity (Wildman–Crippen MR) is 91.3 cm³/mol. The van der Waals surface area contributed by atoms with E-state index in [2.05, 4.69) is 10.3 Å². The molecule has 0 aliphatic heterocycles. The van der Waals surface area contributed by atoms with Crippen molar-refractivity contribution >= 4 is 11.9 Å². The number of aromatic nitrogens is 2. The van der Waals surface area contributed by atoms with Crippen molar-refractivity contribution in [2.45, 2.75) is 50.6 Å². The van der Waals surface area contributed by atoms with Gasteiger partial charge < -0.3 is 10.1 Å². The van der Waals surface area contributed by atoms with E-state index in [1.807, 2.05) is 0 Å². The van der Waals surface area contributed by atoms with Gasteiger partial charge in [0.05, 0.1) is 0 Å². The molecule has 4 bridgehead atoms. The number of aromatic amines is 1. The molecule has 0 atom stereocenters. The number of hydrogen-bond acceptors (Lipinski definition) is 5. The fourth-order valence-electron chi connectivity index (χ4n) is 5.50. The van der Waals surface area contributed by atoms with Gasteiger partial charge in [0.2, 0.25) is 0 Å². The number of nitrogens with zero attached hydrogens (tertiary/aromatic N) is 1. The SMILES string of the molecule is O=C(COC(=O)Cn1ccc(=O)[nH]c1=O)NC12CC3CC(CC(C3)C1)C2. The first-order valence-electron chi connectivity index (χ1n) is 9.17. The maximum absolute atomic E-state index is 12.3. The van der Waals surface area contributed by atoms with Crippen molar-refractivity contribution in [1.82, 2.24) is 14.9 Å². The lowest BCUT2D eigenvalue weighted by Gasteiger charge is -2.56. The van der Waals surface area contributed by atoms with Crippen LogP contribution in [0.4, 0.5) is 0 Å². The van der Waals surface area contributed by atoms with Crippen LogP contribution in [0.1, 0.15) is 38.5 Å². The third kappa shape index (κ3) is 3.45. The van der Waals surface area contributed by atoms with Crippen LogP contribution in [0.15, 0.2) is 21.9 Å². The first-order valence-corrected chi connectivity index (χ1v) is 9.17. The molecule has 0 aromatic carbocycles. The Bertz CT molecular complexity index is 804. The van der Waals surface area contributed by atoms with Crippen LogP contribution in [0.3, 0.4) is 0 Å². The highest BCUT2D eigenvalue weighted by Crippen LogP contribution is 2.55. The summed E-state index contributed by atoms with van der Waals surface area (Å²) in [5, 5.41) is 3.13. The quantitative estimate of drug-likeness (QED) is 0.726. The average molecular weight is 361 g/mol. The molecule has 0 radical (unpaired) electrons. The molecule has 1 aromatic heterocycles. The Balaban J connectivity index is 1.29. The number of amides is 1. The van der Waals surface area contributed by atoms with E-state index in [1.54, 1.807) is 0 Å². The van der Waals surface area contributed by atoms with E-state index in [9.17, 15) is 19.2 Å². The Morgan fingerprint density at radius 1 is 1.15 bits per heavy atom. The number of nitrogens with one attached hydrogen (secondary N) is 2. The van der Waals surface area contributed by atoms with Crippen molar-refractivity contribution in [3.63, 3.8) is 0 Å². The van der Waals surface area contributed by atoms with E-state index in [0.29, 0.717) is 0 Å². The molecule has 0 spiro atoms. The lowest BCUT2D eigenvalue weighted by atomic mass is 9.53. The Morgan fingerprint density at radius 3 is 2.35 bits per heavy atom. The number of esters is 1. The summed E-state index contributed by atoms with van der Waals surface area (Å²) in [6, 6.07) is 1.15. The Morgan fingerprint density at radius 2 is 1.77 bits per heavy atom. The summed E-state index contributed by atoms with van der Waals surface area (Å²) < 4.78 is 6.03. The van der Waals surface area contributed by atoms with Crippen LogP contribution in [-0.4, -0.2) is 33.6 Å². The third-order valence-electron chi connectivity index (χ3n) is 6.00. The minimum Gasteiger partial charge on any atom is -0.454 e. The molecule has 4 aliphatic carbocycles. The molecule has 0 saturated heterocycles. The number of H-pyrrole nitrogens is 1. The number of carbonyl (C=O) groups excluding carboxylic acids is 2. The zero-order valence-corrected chi connectivity index (χ0v) is 14.5. The normalized spacial score (nSPS) is 31.6. The van der Waals surface area contributed by atoms with Gasteiger partial charge in [-0.25, -0.2) is 4.79 Å². The molecule has 4 saturated carbocycles. The average Bonchev–Trinajstić information content (AvgIpc) is 2.54. The van der Waals surface area contributed by atoms with E-state index >= 15 is 0 Å². The van der Waals surface area contributed by atoms with Gasteiger partial charge in [-0.2, -0.15) is 0 Å². The maximum Gasteiger partial charge on any atom is 0.328 e. The lowest BCUT2D eigenvalue weighted by molar-refractivity contribution is -0.150. The van der Waals surface area contributed by atoms with E-state index < -0.39 is 17.2 Å². The van der Waals surface area contributed by atoms with Crippen molar-refractivity contribution in [1.29, 1.82) is 0 Å². The first-order chi connectivity index (χ1) is 12.4. The topological polar surface area (TPSA) is 110 Å². The summed E-state index contributed by atoms with van der Waals surface area (Å²) in [6.45, 7) is -0.695. The zero-order chi connectivity index (χ0) is 18.3. The van der Waals surface area contributed by atoms with Crippen LogP contribution in [0.5, 0.6) is 0 Å². The van der Waals surface area contributed by atoms with Gasteiger partial charge in [-0.15, -0.1) is 0 Å². The number of carbonyl (C=O) groups is 2. The van der Waals surface area contributed by atoms with E-state index in [1.165, 1.54) is 25.5 Å². The smallest absolute Gasteiger partial charge is 0.328 e. The second-order valence-corrected chi connectivity index (χ2v) is 8.14. The van der Waals surface area contributed by atoms with Crippen LogP contribution in [0.2, 0.25) is 0 Å². The second-order valence-electron chi connectivity index (χ2n) is 8.14. The molecule has 0 unspecified atom stereocenters. The molecule has 1 heterocycles. The number of hydrogen-bond donors (Lipinski definition) is 2. The summed E-state index contributed by atoms with van der Waals surface area (Å²) in [6.07, 6.45) is 8.19. The van der Waals surface area contributed by atoms with E-state index in [0.717, 1.165) is 47.6 Å². The Hall–Kier alpha value is -2.38. The molecule has 1 aromatic rings. The van der Waals surface area contributed by atoms with Crippen molar-refractivity contribution < 1.29 is 14.3 Å². The van der Waals surface area contributed by atoms with Crippen molar-refractivity contribution in [2.75, 3.05) is 6.61 Å². The molecule has 5 rings (SSSR count). The first kappa shape index (κ1) is 17.1. The highest BCUT2D eigenvalue weighted by Gasteiger charge is 2.51. The number of ether oxygens (including phenoxy) is 1. The summed E-state index contributed by atoms with van der Waals surface area (Å²) in [4.78, 5) is 48.8. The van der Waals surface area contributed by atoms with Gasteiger partial charge in [0.1, 0.15) is 6.54 Å². The maximum atomic E-state index is 12.3. The molecule has 4 fully saturated rings. The third-order valence-corrected chi connectivity index (χ3v) is 6.00. The molecule has 2 N–H and O–H groups in total. The van der Waals surface area contributed by atoms with Gasteiger partial charge in [0.25, 0.3) is 11.5 Å². The van der Waals surface area contributed by atoms with Gasteiger partial charge in [-0.3, -0.25) is 23.9 Å². The van der Waals surface area contributed by atoms with Crippen molar-refractivity contribution in [2.24, 2.45) is 17.8 Å². The monoisotopic (exact) mass is 361 g/mol. The largest absolute Gasteiger partial charge is 0.454 e. The lowest BCUT2D eigenvalue weighted by Crippen LogP contribution is -2.60. The fraction of sp³-hybridized carbons (Fsp3) is 0.667. The zero-order valence-electron chi connectivity index (χ0n) is 14.5. The highest BCUT2D eigenvalue weighted by molar-refractivity contribution is 5.81. The molecule has 8 heteroatoms. The molecule has 26 heavy (non-hydrogen) atoms. The molecule has 140 valence electrons. The highest BCUT2D eigenvalue weighted by atomic mass is 16.5. The fourth-order valence-corrected chi connectivity index (χ4v) is 5.50. The van der Waals surface area contributed by atoms with Gasteiger partial charge in [0, 0.05) is 17.8 Å². The van der Waals surface area contributed by atoms with Crippen LogP contribution < -0.4 is 16.6 Å².